The summed E-state index contributed by atoms with van der Waals surface area (Å²) in [7, 11) is -0.436. The van der Waals surface area contributed by atoms with Gasteiger partial charge in [0.25, 0.3) is 0 Å². The number of benzene rings is 2. The average molecular weight is 407 g/mol. The summed E-state index contributed by atoms with van der Waals surface area (Å²) in [6, 6.07) is 11.4. The topological polar surface area (TPSA) is 111 Å². The highest BCUT2D eigenvalue weighted by Gasteiger charge is 2.12. The van der Waals surface area contributed by atoms with E-state index in [1.165, 1.54) is 18.2 Å². The van der Waals surface area contributed by atoms with Crippen LogP contribution in [0.25, 0.3) is 0 Å². The molecule has 0 aromatic heterocycles. The number of sulfonamides is 1. The van der Waals surface area contributed by atoms with Crippen LogP contribution in [-0.4, -0.2) is 46.5 Å². The first-order valence-corrected chi connectivity index (χ1v) is 10.2. The molecule has 28 heavy (non-hydrogen) atoms. The molecule has 0 aliphatic heterocycles. The second-order valence-corrected chi connectivity index (χ2v) is 7.77. The Balaban J connectivity index is 1.98. The number of ether oxygens (including phenoxy) is 2. The number of likely N-dealkylation sites (N-methyl/N-ethyl adjacent to an activating group) is 1. The third-order valence-corrected chi connectivity index (χ3v) is 4.75. The van der Waals surface area contributed by atoms with Crippen molar-refractivity contribution in [2.75, 3.05) is 32.6 Å². The van der Waals surface area contributed by atoms with Gasteiger partial charge in [0.15, 0.2) is 11.5 Å². The smallest absolute Gasteiger partial charge is 0.238 e. The number of nitrogens with one attached hydrogen (secondary N) is 1. The van der Waals surface area contributed by atoms with Gasteiger partial charge in [-0.2, -0.15) is 0 Å². The summed E-state index contributed by atoms with van der Waals surface area (Å²) in [4.78, 5) is 14.0. The summed E-state index contributed by atoms with van der Waals surface area (Å²) >= 11 is 0. The van der Waals surface area contributed by atoms with E-state index >= 15 is 0 Å². The van der Waals surface area contributed by atoms with Crippen molar-refractivity contribution in [2.45, 2.75) is 18.4 Å². The first-order chi connectivity index (χ1) is 13.2. The molecule has 0 aliphatic carbocycles. The molecule has 0 saturated carbocycles. The van der Waals surface area contributed by atoms with Gasteiger partial charge >= 0.3 is 0 Å². The van der Waals surface area contributed by atoms with Gasteiger partial charge in [-0.05, 0) is 49.9 Å². The molecule has 0 unspecified atom stereocenters. The normalized spacial score (nSPS) is 11.3. The third kappa shape index (κ3) is 6.22. The number of rotatable bonds is 9. The van der Waals surface area contributed by atoms with E-state index in [0.717, 1.165) is 5.56 Å². The van der Waals surface area contributed by atoms with Gasteiger partial charge in [0.1, 0.15) is 0 Å². The van der Waals surface area contributed by atoms with Crippen molar-refractivity contribution in [3.05, 3.63) is 48.0 Å². The number of anilines is 1. The first kappa shape index (κ1) is 21.7. The lowest BCUT2D eigenvalue weighted by atomic mass is 10.2. The van der Waals surface area contributed by atoms with Crippen LogP contribution in [0.5, 0.6) is 11.5 Å². The Bertz CT molecular complexity index is 931. The van der Waals surface area contributed by atoms with Crippen LogP contribution in [0.15, 0.2) is 47.4 Å². The molecule has 0 bridgehead atoms. The standard InChI is InChI=1S/C19H25N3O5S/c1-4-27-17-9-8-14(10-18(17)26-3)12-22(2)13-19(23)21-15-6-5-7-16(11-15)28(20,24)25/h5-11H,4,12-13H2,1-3H3,(H,21,23)(H2,20,24,25). The highest BCUT2D eigenvalue weighted by atomic mass is 32.2. The largest absolute Gasteiger partial charge is 0.493 e. The van der Waals surface area contributed by atoms with Gasteiger partial charge in [-0.15, -0.1) is 0 Å². The second kappa shape index (κ2) is 9.54. The van der Waals surface area contributed by atoms with Crippen LogP contribution < -0.4 is 19.9 Å². The van der Waals surface area contributed by atoms with Crippen molar-refractivity contribution in [2.24, 2.45) is 5.14 Å². The minimum atomic E-state index is -3.82. The molecule has 2 rings (SSSR count). The van der Waals surface area contributed by atoms with Crippen molar-refractivity contribution in [3.8, 4) is 11.5 Å². The lowest BCUT2D eigenvalue weighted by Crippen LogP contribution is -2.29. The van der Waals surface area contributed by atoms with Crippen LogP contribution in [0.2, 0.25) is 0 Å². The van der Waals surface area contributed by atoms with E-state index in [0.29, 0.717) is 30.3 Å². The van der Waals surface area contributed by atoms with Gasteiger partial charge in [0.05, 0.1) is 25.2 Å². The second-order valence-electron chi connectivity index (χ2n) is 6.21. The highest BCUT2D eigenvalue weighted by Crippen LogP contribution is 2.28. The molecule has 0 spiro atoms. The molecular formula is C19H25N3O5S. The Morgan fingerprint density at radius 1 is 1.18 bits per heavy atom. The van der Waals surface area contributed by atoms with E-state index in [-0.39, 0.29) is 17.3 Å². The predicted octanol–water partition coefficient (Wildman–Crippen LogP) is 1.81. The van der Waals surface area contributed by atoms with Crippen LogP contribution in [0.3, 0.4) is 0 Å². The number of nitrogens with zero attached hydrogens (tertiary/aromatic N) is 1. The zero-order valence-electron chi connectivity index (χ0n) is 16.1. The lowest BCUT2D eigenvalue weighted by Gasteiger charge is -2.18. The molecule has 152 valence electrons. The lowest BCUT2D eigenvalue weighted by molar-refractivity contribution is -0.117. The van der Waals surface area contributed by atoms with Gasteiger partial charge in [-0.1, -0.05) is 12.1 Å². The number of methoxy groups -OCH3 is 1. The first-order valence-electron chi connectivity index (χ1n) is 8.64. The van der Waals surface area contributed by atoms with Crippen molar-refractivity contribution in [3.63, 3.8) is 0 Å². The van der Waals surface area contributed by atoms with Crippen LogP contribution >= 0.6 is 0 Å². The van der Waals surface area contributed by atoms with E-state index < -0.39 is 10.0 Å². The summed E-state index contributed by atoms with van der Waals surface area (Å²) in [5.74, 6) is 1.04. The molecule has 2 aromatic rings. The van der Waals surface area contributed by atoms with Crippen LogP contribution in [0, 0.1) is 0 Å². The minimum Gasteiger partial charge on any atom is -0.493 e. The number of nitrogens with two attached hydrogens (primary N) is 1. The zero-order valence-corrected chi connectivity index (χ0v) is 17.0. The average Bonchev–Trinajstić information content (AvgIpc) is 2.62. The summed E-state index contributed by atoms with van der Waals surface area (Å²) < 4.78 is 33.6. The van der Waals surface area contributed by atoms with Crippen molar-refractivity contribution >= 4 is 21.6 Å². The van der Waals surface area contributed by atoms with E-state index in [2.05, 4.69) is 5.32 Å². The molecule has 3 N–H and O–H groups in total. The number of hydrogen-bond acceptors (Lipinski definition) is 6. The predicted molar refractivity (Wildman–Crippen MR) is 107 cm³/mol. The molecular weight excluding hydrogens is 382 g/mol. The Kier molecular flexibility index (Phi) is 7.38. The van der Waals surface area contributed by atoms with E-state index in [1.54, 1.807) is 13.2 Å². The summed E-state index contributed by atoms with van der Waals surface area (Å²) in [6.07, 6.45) is 0. The van der Waals surface area contributed by atoms with Crippen LogP contribution in [0.1, 0.15) is 12.5 Å². The van der Waals surface area contributed by atoms with E-state index in [4.69, 9.17) is 14.6 Å². The van der Waals surface area contributed by atoms with Crippen LogP contribution in [-0.2, 0) is 21.4 Å². The summed E-state index contributed by atoms with van der Waals surface area (Å²) in [6.45, 7) is 3.09. The van der Waals surface area contributed by atoms with Gasteiger partial charge < -0.3 is 14.8 Å². The molecule has 8 nitrogen and oxygen atoms in total. The summed E-state index contributed by atoms with van der Waals surface area (Å²) in [5.41, 5.74) is 1.33. The Morgan fingerprint density at radius 3 is 2.57 bits per heavy atom. The van der Waals surface area contributed by atoms with Crippen molar-refractivity contribution in [1.82, 2.24) is 4.90 Å². The van der Waals surface area contributed by atoms with E-state index in [1.807, 2.05) is 37.1 Å². The molecule has 0 radical (unpaired) electrons. The number of carbonyl (C=O) groups is 1. The maximum absolute atomic E-state index is 12.3. The quantitative estimate of drug-likeness (QED) is 0.656. The zero-order chi connectivity index (χ0) is 20.7. The van der Waals surface area contributed by atoms with Crippen LogP contribution in [0.4, 0.5) is 5.69 Å². The maximum atomic E-state index is 12.3. The molecule has 0 saturated heterocycles. The fourth-order valence-corrected chi connectivity index (χ4v) is 3.21. The molecule has 2 aromatic carbocycles. The van der Waals surface area contributed by atoms with Gasteiger partial charge in [-0.3, -0.25) is 9.69 Å². The van der Waals surface area contributed by atoms with Gasteiger partial charge in [0.2, 0.25) is 15.9 Å². The number of amides is 1. The summed E-state index contributed by atoms with van der Waals surface area (Å²) in [5, 5.41) is 7.78. The Hall–Kier alpha value is -2.62. The number of primary sulfonamides is 1. The van der Waals surface area contributed by atoms with E-state index in [9.17, 15) is 13.2 Å². The molecule has 0 fully saturated rings. The van der Waals surface area contributed by atoms with Gasteiger partial charge in [0, 0.05) is 12.2 Å². The molecule has 0 aliphatic rings. The van der Waals surface area contributed by atoms with Crippen molar-refractivity contribution in [1.29, 1.82) is 0 Å². The number of hydrogen-bond donors (Lipinski definition) is 2. The van der Waals surface area contributed by atoms with Gasteiger partial charge in [-0.25, -0.2) is 13.6 Å². The molecule has 1 amide bonds. The minimum absolute atomic E-state index is 0.0554. The maximum Gasteiger partial charge on any atom is 0.238 e. The van der Waals surface area contributed by atoms with Crippen molar-refractivity contribution < 1.29 is 22.7 Å². The molecule has 0 atom stereocenters. The SMILES string of the molecule is CCOc1ccc(CN(C)CC(=O)Nc2cccc(S(N)(=O)=O)c2)cc1OC. The molecule has 9 heteroatoms. The number of carbonyl (C=O) groups excluding carboxylic acids is 1. The fourth-order valence-electron chi connectivity index (χ4n) is 2.65. The Labute approximate surface area is 165 Å². The highest BCUT2D eigenvalue weighted by molar-refractivity contribution is 7.89. The molecule has 0 heterocycles. The fraction of sp³-hybridized carbons (Fsp3) is 0.316. The monoisotopic (exact) mass is 407 g/mol. The third-order valence-electron chi connectivity index (χ3n) is 3.84. The Morgan fingerprint density at radius 2 is 1.93 bits per heavy atom.